The molecule has 1 saturated carbocycles. The van der Waals surface area contributed by atoms with Crippen LogP contribution in [0, 0.1) is 5.41 Å². The third-order valence-electron chi connectivity index (χ3n) is 3.43. The highest BCUT2D eigenvalue weighted by Crippen LogP contribution is 2.36. The van der Waals surface area contributed by atoms with E-state index in [1.807, 2.05) is 14.0 Å². The Morgan fingerprint density at radius 1 is 1.50 bits per heavy atom. The van der Waals surface area contributed by atoms with E-state index < -0.39 is 0 Å². The Labute approximate surface area is 86.1 Å². The lowest BCUT2D eigenvalue weighted by atomic mass is 9.87. The third-order valence-corrected chi connectivity index (χ3v) is 3.43. The molecule has 1 N–H and O–H groups in total. The molecular weight excluding hydrogens is 178 g/mol. The van der Waals surface area contributed by atoms with Crippen molar-refractivity contribution in [2.24, 2.45) is 5.41 Å². The number of likely N-dealkylation sites (N-methyl/N-ethyl adjacent to an activating group) is 1. The van der Waals surface area contributed by atoms with Gasteiger partial charge in [-0.25, -0.2) is 0 Å². The van der Waals surface area contributed by atoms with E-state index in [2.05, 4.69) is 4.90 Å². The van der Waals surface area contributed by atoms with E-state index in [-0.39, 0.29) is 18.1 Å². The minimum Gasteiger partial charge on any atom is -0.395 e. The average molecular weight is 199 g/mol. The first-order chi connectivity index (χ1) is 6.63. The van der Waals surface area contributed by atoms with Gasteiger partial charge in [0.25, 0.3) is 0 Å². The van der Waals surface area contributed by atoms with Gasteiger partial charge < -0.3 is 14.8 Å². The molecule has 0 spiro atoms. The van der Waals surface area contributed by atoms with Crippen molar-refractivity contribution in [3.8, 4) is 0 Å². The lowest BCUT2D eigenvalue weighted by molar-refractivity contribution is -0.117. The van der Waals surface area contributed by atoms with E-state index in [1.54, 1.807) is 0 Å². The average Bonchev–Trinajstić information content (AvgIpc) is 2.65. The molecule has 0 amide bonds. The van der Waals surface area contributed by atoms with Crippen molar-refractivity contribution in [3.63, 3.8) is 0 Å². The smallest absolute Gasteiger partial charge is 0.127 e. The van der Waals surface area contributed by atoms with E-state index in [4.69, 9.17) is 5.11 Å². The maximum atomic E-state index is 11.1. The second kappa shape index (κ2) is 4.89. The highest BCUT2D eigenvalue weighted by molar-refractivity contribution is 5.60. The fraction of sp³-hybridized carbons (Fsp3) is 0.909. The molecule has 1 aliphatic rings. The molecule has 0 saturated heterocycles. The van der Waals surface area contributed by atoms with E-state index in [9.17, 15) is 4.79 Å². The second-order valence-corrected chi connectivity index (χ2v) is 4.63. The monoisotopic (exact) mass is 199 g/mol. The van der Waals surface area contributed by atoms with Gasteiger partial charge in [0, 0.05) is 18.0 Å². The number of aliphatic hydroxyl groups is 1. The predicted octanol–water partition coefficient (Wildman–Crippen LogP) is 1.06. The number of hydrogen-bond donors (Lipinski definition) is 1. The molecule has 0 aromatic carbocycles. The van der Waals surface area contributed by atoms with Gasteiger partial charge in [0.2, 0.25) is 0 Å². The minimum atomic E-state index is -0.127. The first-order valence-corrected chi connectivity index (χ1v) is 5.41. The number of nitrogens with zero attached hydrogens (tertiary/aromatic N) is 1. The molecular formula is C11H21NO2. The summed E-state index contributed by atoms with van der Waals surface area (Å²) in [5, 5.41) is 9.01. The van der Waals surface area contributed by atoms with Gasteiger partial charge >= 0.3 is 0 Å². The summed E-state index contributed by atoms with van der Waals surface area (Å²) in [5.41, 5.74) is -0.127. The van der Waals surface area contributed by atoms with Crippen LogP contribution in [0.2, 0.25) is 0 Å². The summed E-state index contributed by atoms with van der Waals surface area (Å²) < 4.78 is 0. The Hall–Kier alpha value is -0.410. The molecule has 0 aromatic heterocycles. The van der Waals surface area contributed by atoms with Crippen LogP contribution in [0.1, 0.15) is 32.6 Å². The van der Waals surface area contributed by atoms with Crippen LogP contribution in [0.15, 0.2) is 0 Å². The Bertz CT molecular complexity index is 188. The second-order valence-electron chi connectivity index (χ2n) is 4.63. The van der Waals surface area contributed by atoms with Crippen molar-refractivity contribution in [2.45, 2.75) is 38.6 Å². The van der Waals surface area contributed by atoms with Gasteiger partial charge in [0.15, 0.2) is 0 Å². The van der Waals surface area contributed by atoms with Crippen LogP contribution in [0.3, 0.4) is 0 Å². The molecule has 0 bridgehead atoms. The predicted molar refractivity (Wildman–Crippen MR) is 56.1 cm³/mol. The summed E-state index contributed by atoms with van der Waals surface area (Å²) in [6, 6.07) is 0.146. The lowest BCUT2D eigenvalue weighted by Gasteiger charge is -2.31. The SMILES string of the molecule is CC(CO)N(C)CC1(C=O)CCCC1. The summed E-state index contributed by atoms with van der Waals surface area (Å²) in [4.78, 5) is 13.2. The standard InChI is InChI=1S/C11H21NO2/c1-10(7-13)12(2)8-11(9-14)5-3-4-6-11/h9-10,13H,3-8H2,1-2H3. The highest BCUT2D eigenvalue weighted by Gasteiger charge is 2.35. The molecule has 0 aromatic rings. The van der Waals surface area contributed by atoms with Crippen LogP contribution < -0.4 is 0 Å². The van der Waals surface area contributed by atoms with Crippen LogP contribution in [-0.4, -0.2) is 42.5 Å². The molecule has 1 fully saturated rings. The molecule has 0 aliphatic heterocycles. The number of carbonyl (C=O) groups is 1. The number of aldehydes is 1. The molecule has 1 atom stereocenters. The Balaban J connectivity index is 2.51. The van der Waals surface area contributed by atoms with Crippen LogP contribution in [-0.2, 0) is 4.79 Å². The van der Waals surface area contributed by atoms with Gasteiger partial charge in [-0.3, -0.25) is 0 Å². The van der Waals surface area contributed by atoms with Crippen molar-refractivity contribution >= 4 is 6.29 Å². The van der Waals surface area contributed by atoms with Crippen LogP contribution in [0.25, 0.3) is 0 Å². The van der Waals surface area contributed by atoms with Crippen LogP contribution in [0.5, 0.6) is 0 Å². The molecule has 0 heterocycles. The number of carbonyl (C=O) groups excluding carboxylic acids is 1. The van der Waals surface area contributed by atoms with Gasteiger partial charge in [0.1, 0.15) is 6.29 Å². The van der Waals surface area contributed by atoms with Crippen LogP contribution >= 0.6 is 0 Å². The third kappa shape index (κ3) is 2.55. The van der Waals surface area contributed by atoms with Crippen molar-refractivity contribution in [2.75, 3.05) is 20.2 Å². The van der Waals surface area contributed by atoms with Crippen molar-refractivity contribution in [1.82, 2.24) is 4.90 Å². The molecule has 1 rings (SSSR count). The van der Waals surface area contributed by atoms with Crippen molar-refractivity contribution in [3.05, 3.63) is 0 Å². The molecule has 3 nitrogen and oxygen atoms in total. The zero-order valence-corrected chi connectivity index (χ0v) is 9.20. The molecule has 0 radical (unpaired) electrons. The maximum Gasteiger partial charge on any atom is 0.127 e. The summed E-state index contributed by atoms with van der Waals surface area (Å²) in [7, 11) is 1.98. The largest absolute Gasteiger partial charge is 0.395 e. The van der Waals surface area contributed by atoms with E-state index >= 15 is 0 Å². The zero-order chi connectivity index (χ0) is 10.6. The van der Waals surface area contributed by atoms with Gasteiger partial charge in [-0.1, -0.05) is 12.8 Å². The first kappa shape index (κ1) is 11.7. The topological polar surface area (TPSA) is 40.5 Å². The van der Waals surface area contributed by atoms with Crippen LogP contribution in [0.4, 0.5) is 0 Å². The molecule has 82 valence electrons. The lowest BCUT2D eigenvalue weighted by Crippen LogP contribution is -2.41. The fourth-order valence-electron chi connectivity index (χ4n) is 2.18. The van der Waals surface area contributed by atoms with Gasteiger partial charge in [-0.15, -0.1) is 0 Å². The number of aliphatic hydroxyl groups excluding tert-OH is 1. The summed E-state index contributed by atoms with van der Waals surface area (Å²) in [6.07, 6.45) is 5.48. The van der Waals surface area contributed by atoms with E-state index in [1.165, 1.54) is 12.8 Å². The highest BCUT2D eigenvalue weighted by atomic mass is 16.3. The molecule has 14 heavy (non-hydrogen) atoms. The van der Waals surface area contributed by atoms with Gasteiger partial charge in [-0.05, 0) is 26.8 Å². The molecule has 1 aliphatic carbocycles. The summed E-state index contributed by atoms with van der Waals surface area (Å²) in [5.74, 6) is 0. The Morgan fingerprint density at radius 2 is 2.07 bits per heavy atom. The minimum absolute atomic E-state index is 0.127. The Kier molecular flexibility index (Phi) is 4.08. The first-order valence-electron chi connectivity index (χ1n) is 5.41. The van der Waals surface area contributed by atoms with E-state index in [0.717, 1.165) is 25.7 Å². The normalized spacial score (nSPS) is 22.6. The summed E-state index contributed by atoms with van der Waals surface area (Å²) in [6.45, 7) is 2.93. The maximum absolute atomic E-state index is 11.1. The molecule has 1 unspecified atom stereocenters. The molecule has 3 heteroatoms. The van der Waals surface area contributed by atoms with Gasteiger partial charge in [0.05, 0.1) is 6.61 Å². The zero-order valence-electron chi connectivity index (χ0n) is 9.20. The fourth-order valence-corrected chi connectivity index (χ4v) is 2.18. The quantitative estimate of drug-likeness (QED) is 0.673. The number of rotatable bonds is 5. The van der Waals surface area contributed by atoms with Crippen molar-refractivity contribution in [1.29, 1.82) is 0 Å². The van der Waals surface area contributed by atoms with Gasteiger partial charge in [-0.2, -0.15) is 0 Å². The summed E-state index contributed by atoms with van der Waals surface area (Å²) >= 11 is 0. The van der Waals surface area contributed by atoms with E-state index in [0.29, 0.717) is 0 Å². The Morgan fingerprint density at radius 3 is 2.50 bits per heavy atom. The number of hydrogen-bond acceptors (Lipinski definition) is 3. The van der Waals surface area contributed by atoms with Crippen molar-refractivity contribution < 1.29 is 9.90 Å².